The zero-order valence-electron chi connectivity index (χ0n) is 25.7. The summed E-state index contributed by atoms with van der Waals surface area (Å²) in [6.07, 6.45) is -4.58. The van der Waals surface area contributed by atoms with Gasteiger partial charge in [-0.1, -0.05) is 57.7 Å². The van der Waals surface area contributed by atoms with Crippen LogP contribution < -0.4 is 0 Å². The topological polar surface area (TPSA) is 134 Å². The first kappa shape index (κ1) is 32.1. The van der Waals surface area contributed by atoms with Gasteiger partial charge < -0.3 is 29.7 Å². The second-order valence-corrected chi connectivity index (χ2v) is 13.3. The average molecular weight is 584 g/mol. The predicted octanol–water partition coefficient (Wildman–Crippen LogP) is 3.28. The maximum atomic E-state index is 13.3. The molecule has 3 N–H and O–H groups in total. The van der Waals surface area contributed by atoms with Crippen LogP contribution in [-0.4, -0.2) is 82.1 Å². The second-order valence-electron chi connectivity index (χ2n) is 13.3. The molecule has 0 saturated heterocycles. The Bertz CT molecular complexity index is 1290. The maximum Gasteiger partial charge on any atom is 0.308 e. The van der Waals surface area contributed by atoms with E-state index >= 15 is 0 Å². The van der Waals surface area contributed by atoms with Crippen molar-refractivity contribution in [1.82, 2.24) is 4.90 Å². The minimum Gasteiger partial charge on any atom is -0.458 e. The van der Waals surface area contributed by atoms with Crippen molar-refractivity contribution in [3.63, 3.8) is 0 Å². The number of aliphatic hydroxyl groups is 3. The van der Waals surface area contributed by atoms with Gasteiger partial charge in [0.1, 0.15) is 17.8 Å². The summed E-state index contributed by atoms with van der Waals surface area (Å²) in [6, 6.07) is 9.42. The summed E-state index contributed by atoms with van der Waals surface area (Å²) in [5, 5.41) is 36.2. The van der Waals surface area contributed by atoms with Crippen molar-refractivity contribution >= 4 is 17.7 Å². The third-order valence-electron chi connectivity index (χ3n) is 10.3. The minimum atomic E-state index is -1.97. The SMILES string of the molecule is C=C1[C@@H](OC(=O)C[C@@H](c2ccccc2)N(C)C)CC[C@@]2(C)[C@@H](O)[C@H](OC(C)=O)C3=C(C)C(=O)C[C@@](O)([C@H](O)[C@H]12)C3(C)C. The van der Waals surface area contributed by atoms with Gasteiger partial charge in [-0.15, -0.1) is 0 Å². The van der Waals surface area contributed by atoms with Crippen molar-refractivity contribution in [3.8, 4) is 0 Å². The van der Waals surface area contributed by atoms with E-state index in [0.29, 0.717) is 23.1 Å². The first-order valence-electron chi connectivity index (χ1n) is 14.6. The lowest BCUT2D eigenvalue weighted by molar-refractivity contribution is -0.221. The van der Waals surface area contributed by atoms with E-state index in [1.807, 2.05) is 49.3 Å². The molecular formula is C33H45NO8. The van der Waals surface area contributed by atoms with Gasteiger partial charge >= 0.3 is 11.9 Å². The summed E-state index contributed by atoms with van der Waals surface area (Å²) in [5.74, 6) is -2.47. The number of benzene rings is 1. The zero-order valence-corrected chi connectivity index (χ0v) is 25.7. The number of allylic oxidation sites excluding steroid dienone is 1. The molecule has 0 heterocycles. The largest absolute Gasteiger partial charge is 0.458 e. The Hall–Kier alpha value is -2.85. The Labute approximate surface area is 248 Å². The van der Waals surface area contributed by atoms with E-state index in [1.165, 1.54) is 6.92 Å². The van der Waals surface area contributed by atoms with Gasteiger partial charge in [-0.2, -0.15) is 0 Å². The Morgan fingerprint density at radius 1 is 1.10 bits per heavy atom. The summed E-state index contributed by atoms with van der Waals surface area (Å²) in [6.45, 7) is 12.2. The van der Waals surface area contributed by atoms with Crippen LogP contribution in [0.2, 0.25) is 0 Å². The highest BCUT2D eigenvalue weighted by molar-refractivity contribution is 5.98. The molecule has 42 heavy (non-hydrogen) atoms. The van der Waals surface area contributed by atoms with Crippen molar-refractivity contribution in [2.75, 3.05) is 14.1 Å². The van der Waals surface area contributed by atoms with Gasteiger partial charge in [-0.3, -0.25) is 14.4 Å². The van der Waals surface area contributed by atoms with E-state index in [2.05, 4.69) is 6.58 Å². The van der Waals surface area contributed by atoms with Crippen LogP contribution in [0.4, 0.5) is 0 Å². The number of nitrogens with zero attached hydrogens (tertiary/aromatic N) is 1. The molecule has 2 saturated carbocycles. The van der Waals surface area contributed by atoms with Gasteiger partial charge in [0, 0.05) is 36.1 Å². The summed E-state index contributed by atoms with van der Waals surface area (Å²) >= 11 is 0. The second kappa shape index (κ2) is 11.3. The van der Waals surface area contributed by atoms with E-state index in [1.54, 1.807) is 27.7 Å². The molecule has 8 atom stereocenters. The van der Waals surface area contributed by atoms with Crippen LogP contribution in [0.1, 0.15) is 71.9 Å². The average Bonchev–Trinajstić information content (AvgIpc) is 2.91. The highest BCUT2D eigenvalue weighted by Gasteiger charge is 2.67. The van der Waals surface area contributed by atoms with Crippen molar-refractivity contribution in [2.45, 2.75) is 96.4 Å². The van der Waals surface area contributed by atoms with Gasteiger partial charge in [0.25, 0.3) is 0 Å². The first-order chi connectivity index (χ1) is 19.5. The van der Waals surface area contributed by atoms with Gasteiger partial charge in [-0.25, -0.2) is 0 Å². The number of ether oxygens (including phenoxy) is 2. The molecule has 4 rings (SSSR count). The Balaban J connectivity index is 1.71. The number of rotatable bonds is 6. The van der Waals surface area contributed by atoms with Crippen LogP contribution in [0, 0.1) is 16.7 Å². The number of carbonyl (C=O) groups excluding carboxylic acids is 3. The lowest BCUT2D eigenvalue weighted by atomic mass is 9.48. The van der Waals surface area contributed by atoms with Crippen molar-refractivity contribution in [1.29, 1.82) is 0 Å². The van der Waals surface area contributed by atoms with Gasteiger partial charge in [0.2, 0.25) is 0 Å². The maximum absolute atomic E-state index is 13.3. The number of fused-ring (bicyclic) bond motifs is 3. The molecule has 9 nitrogen and oxygen atoms in total. The van der Waals surface area contributed by atoms with E-state index in [9.17, 15) is 29.7 Å². The van der Waals surface area contributed by atoms with Crippen LogP contribution >= 0.6 is 0 Å². The van der Waals surface area contributed by atoms with Crippen molar-refractivity contribution in [2.24, 2.45) is 16.7 Å². The number of esters is 2. The summed E-state index contributed by atoms with van der Waals surface area (Å²) in [5.41, 5.74) is -2.44. The number of carbonyl (C=O) groups is 3. The molecule has 0 amide bonds. The van der Waals surface area contributed by atoms with Crippen LogP contribution in [0.3, 0.4) is 0 Å². The summed E-state index contributed by atoms with van der Waals surface area (Å²) < 4.78 is 11.7. The van der Waals surface area contributed by atoms with Gasteiger partial charge in [0.15, 0.2) is 11.9 Å². The molecule has 2 fully saturated rings. The molecule has 0 aromatic heterocycles. The van der Waals surface area contributed by atoms with Crippen LogP contribution in [0.25, 0.3) is 0 Å². The Morgan fingerprint density at radius 3 is 2.29 bits per heavy atom. The zero-order chi connectivity index (χ0) is 31.4. The summed E-state index contributed by atoms with van der Waals surface area (Å²) in [7, 11) is 3.78. The van der Waals surface area contributed by atoms with E-state index in [4.69, 9.17) is 9.47 Å². The minimum absolute atomic E-state index is 0.0847. The fourth-order valence-electron chi connectivity index (χ4n) is 7.65. The molecule has 0 radical (unpaired) electrons. The number of hydrogen-bond donors (Lipinski definition) is 3. The molecule has 2 bridgehead atoms. The molecule has 3 aliphatic rings. The van der Waals surface area contributed by atoms with Crippen LogP contribution in [-0.2, 0) is 23.9 Å². The molecule has 1 aromatic rings. The van der Waals surface area contributed by atoms with Crippen molar-refractivity contribution in [3.05, 3.63) is 59.2 Å². The number of hydrogen-bond acceptors (Lipinski definition) is 9. The molecule has 230 valence electrons. The normalized spacial score (nSPS) is 35.2. The lowest BCUT2D eigenvalue weighted by Gasteiger charge is -2.61. The Kier molecular flexibility index (Phi) is 8.66. The third kappa shape index (κ3) is 5.14. The molecule has 0 unspecified atom stereocenters. The van der Waals surface area contributed by atoms with Gasteiger partial charge in [0.05, 0.1) is 12.5 Å². The molecule has 3 aliphatic carbocycles. The van der Waals surface area contributed by atoms with Crippen LogP contribution in [0.15, 0.2) is 53.6 Å². The fourth-order valence-corrected chi connectivity index (χ4v) is 7.65. The van der Waals surface area contributed by atoms with Gasteiger partial charge in [-0.05, 0) is 56.1 Å². The number of ketones is 1. The van der Waals surface area contributed by atoms with Crippen LogP contribution in [0.5, 0.6) is 0 Å². The third-order valence-corrected chi connectivity index (χ3v) is 10.3. The molecular weight excluding hydrogens is 538 g/mol. The summed E-state index contributed by atoms with van der Waals surface area (Å²) in [4.78, 5) is 40.7. The van der Waals surface area contributed by atoms with Crippen molar-refractivity contribution < 1.29 is 39.2 Å². The van der Waals surface area contributed by atoms with E-state index < -0.39 is 64.5 Å². The van der Waals surface area contributed by atoms with E-state index in [-0.39, 0.29) is 25.3 Å². The highest BCUT2D eigenvalue weighted by Crippen LogP contribution is 2.60. The Morgan fingerprint density at radius 2 is 1.71 bits per heavy atom. The smallest absolute Gasteiger partial charge is 0.308 e. The highest BCUT2D eigenvalue weighted by atomic mass is 16.6. The predicted molar refractivity (Wildman–Crippen MR) is 156 cm³/mol. The molecule has 1 aromatic carbocycles. The fraction of sp³-hybridized carbons (Fsp3) is 0.606. The number of aliphatic hydroxyl groups excluding tert-OH is 2. The first-order valence-corrected chi connectivity index (χ1v) is 14.6. The molecule has 9 heteroatoms. The standard InChI is InChI=1S/C33H45NO8/c1-18-23(36)17-33(40)29(38)27-19(2)24(42-25(37)16-22(34(7)8)21-12-10-9-11-13-21)14-15-32(27,6)30(39)28(41-20(3)35)26(18)31(33,4)5/h9-13,22,24,27-30,38-40H,2,14-17H2,1,3-8H3/t22-,24-,27-,28+,29+,30-,32+,33+/m0/s1. The molecule has 0 spiro atoms. The lowest BCUT2D eigenvalue weighted by Crippen LogP contribution is -2.69. The number of Topliss-reactive ketones (excluding diaryl/α,β-unsaturated/α-hetero) is 1. The monoisotopic (exact) mass is 583 g/mol. The van der Waals surface area contributed by atoms with E-state index in [0.717, 1.165) is 5.56 Å². The molecule has 0 aliphatic heterocycles. The quantitative estimate of drug-likeness (QED) is 0.341.